The summed E-state index contributed by atoms with van der Waals surface area (Å²) in [5.41, 5.74) is 0.970. The van der Waals surface area contributed by atoms with Gasteiger partial charge >= 0.3 is 0 Å². The molecule has 2 aromatic rings. The van der Waals surface area contributed by atoms with Crippen molar-refractivity contribution in [1.82, 2.24) is 5.32 Å². The first kappa shape index (κ1) is 14.9. The van der Waals surface area contributed by atoms with Gasteiger partial charge in [-0.05, 0) is 37.2 Å². The van der Waals surface area contributed by atoms with Crippen molar-refractivity contribution in [1.29, 1.82) is 0 Å². The number of aryl methyl sites for hydroxylation is 1. The SMILES string of the molecule is CCNC(c1ccc(CC)s1)c1c(Cl)cccc1Cl. The second kappa shape index (κ2) is 6.76. The molecule has 1 atom stereocenters. The fourth-order valence-corrected chi connectivity index (χ4v) is 3.73. The molecule has 1 N–H and O–H groups in total. The summed E-state index contributed by atoms with van der Waals surface area (Å²) in [4.78, 5) is 2.63. The number of hydrogen-bond donors (Lipinski definition) is 1. The van der Waals surface area contributed by atoms with Crippen molar-refractivity contribution in [3.63, 3.8) is 0 Å². The summed E-state index contributed by atoms with van der Waals surface area (Å²) in [5, 5.41) is 4.90. The molecule has 0 saturated heterocycles. The molecule has 1 aromatic heterocycles. The van der Waals surface area contributed by atoms with Gasteiger partial charge in [0.15, 0.2) is 0 Å². The molecule has 0 saturated carbocycles. The molecule has 1 heterocycles. The highest BCUT2D eigenvalue weighted by Crippen LogP contribution is 2.36. The Balaban J connectivity index is 2.45. The molecule has 0 radical (unpaired) electrons. The maximum absolute atomic E-state index is 6.33. The summed E-state index contributed by atoms with van der Waals surface area (Å²) in [6, 6.07) is 10.1. The van der Waals surface area contributed by atoms with E-state index in [0.29, 0.717) is 10.0 Å². The zero-order valence-corrected chi connectivity index (χ0v) is 13.4. The second-order valence-corrected chi connectivity index (χ2v) is 6.30. The van der Waals surface area contributed by atoms with E-state index in [0.717, 1.165) is 18.5 Å². The minimum Gasteiger partial charge on any atom is -0.306 e. The van der Waals surface area contributed by atoms with E-state index in [2.05, 4.69) is 31.3 Å². The van der Waals surface area contributed by atoms with Crippen molar-refractivity contribution in [2.24, 2.45) is 0 Å². The summed E-state index contributed by atoms with van der Waals surface area (Å²) in [6.45, 7) is 5.12. The molecular weight excluding hydrogens is 297 g/mol. The molecule has 0 aliphatic heterocycles. The van der Waals surface area contributed by atoms with E-state index in [1.165, 1.54) is 9.75 Å². The zero-order chi connectivity index (χ0) is 13.8. The summed E-state index contributed by atoms with van der Waals surface area (Å²) >= 11 is 14.5. The highest BCUT2D eigenvalue weighted by Gasteiger charge is 2.20. The Hall–Kier alpha value is -0.540. The highest BCUT2D eigenvalue weighted by atomic mass is 35.5. The molecule has 0 amide bonds. The third-order valence-corrected chi connectivity index (χ3v) is 4.97. The lowest BCUT2D eigenvalue weighted by atomic mass is 10.1. The molecule has 19 heavy (non-hydrogen) atoms. The van der Waals surface area contributed by atoms with Crippen molar-refractivity contribution in [2.75, 3.05) is 6.54 Å². The molecule has 1 nitrogen and oxygen atoms in total. The van der Waals surface area contributed by atoms with Crippen LogP contribution < -0.4 is 5.32 Å². The van der Waals surface area contributed by atoms with Crippen LogP contribution >= 0.6 is 34.5 Å². The standard InChI is InChI=1S/C15H17Cl2NS/c1-3-10-8-9-13(19-10)15(18-4-2)14-11(16)6-5-7-12(14)17/h5-9,15,18H,3-4H2,1-2H3. The molecule has 0 bridgehead atoms. The quantitative estimate of drug-likeness (QED) is 0.788. The van der Waals surface area contributed by atoms with E-state index in [-0.39, 0.29) is 6.04 Å². The average molecular weight is 314 g/mol. The Kier molecular flexibility index (Phi) is 5.28. The summed E-state index contributed by atoms with van der Waals surface area (Å²) in [5.74, 6) is 0. The van der Waals surface area contributed by atoms with Crippen LogP contribution in [0.15, 0.2) is 30.3 Å². The maximum Gasteiger partial charge on any atom is 0.0700 e. The van der Waals surface area contributed by atoms with Crippen molar-refractivity contribution in [2.45, 2.75) is 26.3 Å². The normalized spacial score (nSPS) is 12.6. The molecule has 0 aliphatic rings. The van der Waals surface area contributed by atoms with Crippen LogP contribution in [0.25, 0.3) is 0 Å². The van der Waals surface area contributed by atoms with Gasteiger partial charge in [0.1, 0.15) is 0 Å². The van der Waals surface area contributed by atoms with Gasteiger partial charge in [-0.2, -0.15) is 0 Å². The smallest absolute Gasteiger partial charge is 0.0700 e. The van der Waals surface area contributed by atoms with Crippen LogP contribution in [0.2, 0.25) is 10.0 Å². The van der Waals surface area contributed by atoms with Crippen LogP contribution in [-0.2, 0) is 6.42 Å². The monoisotopic (exact) mass is 313 g/mol. The van der Waals surface area contributed by atoms with Gasteiger partial charge in [-0.1, -0.05) is 43.1 Å². The van der Waals surface area contributed by atoms with E-state index >= 15 is 0 Å². The Bertz CT molecular complexity index is 531. The number of thiophene rings is 1. The second-order valence-electron chi connectivity index (χ2n) is 4.28. The third-order valence-electron chi connectivity index (χ3n) is 3.01. The Morgan fingerprint density at radius 2 is 1.79 bits per heavy atom. The van der Waals surface area contributed by atoms with E-state index in [4.69, 9.17) is 23.2 Å². The maximum atomic E-state index is 6.33. The van der Waals surface area contributed by atoms with E-state index in [9.17, 15) is 0 Å². The lowest BCUT2D eigenvalue weighted by Crippen LogP contribution is -2.21. The number of halogens is 2. The van der Waals surface area contributed by atoms with Crippen LogP contribution in [0.3, 0.4) is 0 Å². The fourth-order valence-electron chi connectivity index (χ4n) is 2.08. The van der Waals surface area contributed by atoms with E-state index in [1.54, 1.807) is 0 Å². The fraction of sp³-hybridized carbons (Fsp3) is 0.333. The van der Waals surface area contributed by atoms with Crippen molar-refractivity contribution < 1.29 is 0 Å². The van der Waals surface area contributed by atoms with Crippen LogP contribution in [0.4, 0.5) is 0 Å². The van der Waals surface area contributed by atoms with Gasteiger partial charge in [0.25, 0.3) is 0 Å². The zero-order valence-electron chi connectivity index (χ0n) is 11.0. The Labute approximate surface area is 128 Å². The van der Waals surface area contributed by atoms with Crippen molar-refractivity contribution in [3.8, 4) is 0 Å². The van der Waals surface area contributed by atoms with Crippen LogP contribution in [0.1, 0.15) is 35.2 Å². The first-order valence-electron chi connectivity index (χ1n) is 6.43. The molecule has 2 rings (SSSR count). The van der Waals surface area contributed by atoms with Gasteiger partial charge in [0.05, 0.1) is 6.04 Å². The van der Waals surface area contributed by atoms with Crippen LogP contribution in [0, 0.1) is 0 Å². The van der Waals surface area contributed by atoms with Crippen molar-refractivity contribution >= 4 is 34.5 Å². The Morgan fingerprint density at radius 3 is 2.32 bits per heavy atom. The molecule has 1 aromatic carbocycles. The number of benzene rings is 1. The number of rotatable bonds is 5. The summed E-state index contributed by atoms with van der Waals surface area (Å²) in [6.07, 6.45) is 1.06. The topological polar surface area (TPSA) is 12.0 Å². The largest absolute Gasteiger partial charge is 0.306 e. The number of nitrogens with one attached hydrogen (secondary N) is 1. The van der Waals surface area contributed by atoms with Gasteiger partial charge in [-0.25, -0.2) is 0 Å². The molecule has 0 aliphatic carbocycles. The van der Waals surface area contributed by atoms with Crippen LogP contribution in [0.5, 0.6) is 0 Å². The highest BCUT2D eigenvalue weighted by molar-refractivity contribution is 7.12. The van der Waals surface area contributed by atoms with Crippen molar-refractivity contribution in [3.05, 3.63) is 55.7 Å². The minimum atomic E-state index is 0.0662. The number of hydrogen-bond acceptors (Lipinski definition) is 2. The molecule has 0 fully saturated rings. The lowest BCUT2D eigenvalue weighted by molar-refractivity contribution is 0.640. The molecule has 0 spiro atoms. The van der Waals surface area contributed by atoms with E-state index < -0.39 is 0 Å². The molecule has 1 unspecified atom stereocenters. The summed E-state index contributed by atoms with van der Waals surface area (Å²) < 4.78 is 0. The minimum absolute atomic E-state index is 0.0662. The Morgan fingerprint density at radius 1 is 1.11 bits per heavy atom. The molecule has 102 valence electrons. The van der Waals surface area contributed by atoms with E-state index in [1.807, 2.05) is 29.5 Å². The van der Waals surface area contributed by atoms with Gasteiger partial charge in [0, 0.05) is 25.4 Å². The van der Waals surface area contributed by atoms with Gasteiger partial charge < -0.3 is 5.32 Å². The third kappa shape index (κ3) is 3.32. The van der Waals surface area contributed by atoms with Gasteiger partial charge in [-0.3, -0.25) is 0 Å². The van der Waals surface area contributed by atoms with Gasteiger partial charge in [-0.15, -0.1) is 11.3 Å². The predicted octanol–water partition coefficient (Wildman–Crippen LogP) is 5.32. The first-order chi connectivity index (χ1) is 9.17. The summed E-state index contributed by atoms with van der Waals surface area (Å²) in [7, 11) is 0. The molecular formula is C15H17Cl2NS. The average Bonchev–Trinajstić information content (AvgIpc) is 2.86. The molecule has 4 heteroatoms. The van der Waals surface area contributed by atoms with Crippen LogP contribution in [-0.4, -0.2) is 6.54 Å². The lowest BCUT2D eigenvalue weighted by Gasteiger charge is -2.19. The van der Waals surface area contributed by atoms with Gasteiger partial charge in [0.2, 0.25) is 0 Å². The predicted molar refractivity (Wildman–Crippen MR) is 85.7 cm³/mol. The first-order valence-corrected chi connectivity index (χ1v) is 8.00.